The molecule has 84 valence electrons. The molecule has 4 heteroatoms. The Morgan fingerprint density at radius 1 is 1.31 bits per heavy atom. The molecule has 0 fully saturated rings. The first kappa shape index (κ1) is 11.2. The van der Waals surface area contributed by atoms with Crippen molar-refractivity contribution >= 4 is 15.9 Å². The topological polar surface area (TPSA) is 35.3 Å². The first-order valence-electron chi connectivity index (χ1n) is 4.91. The van der Waals surface area contributed by atoms with Gasteiger partial charge < -0.3 is 9.26 Å². The second kappa shape index (κ2) is 4.70. The third-order valence-corrected chi connectivity index (χ3v) is 3.03. The molecule has 0 atom stereocenters. The molecule has 3 nitrogen and oxygen atoms in total. The van der Waals surface area contributed by atoms with Crippen LogP contribution < -0.4 is 4.74 Å². The quantitative estimate of drug-likeness (QED) is 0.807. The van der Waals surface area contributed by atoms with Crippen molar-refractivity contribution in [2.24, 2.45) is 0 Å². The van der Waals surface area contributed by atoms with E-state index < -0.39 is 0 Å². The molecule has 0 N–H and O–H groups in total. The Labute approximate surface area is 103 Å². The predicted octanol–water partition coefficient (Wildman–Crippen LogP) is 3.55. The second-order valence-electron chi connectivity index (χ2n) is 3.45. The highest BCUT2D eigenvalue weighted by Crippen LogP contribution is 2.27. The molecule has 2 rings (SSSR count). The summed E-state index contributed by atoms with van der Waals surface area (Å²) >= 11 is 3.37. The molecular formula is C12H12BrNO2. The van der Waals surface area contributed by atoms with Crippen molar-refractivity contribution in [3.63, 3.8) is 0 Å². The summed E-state index contributed by atoms with van der Waals surface area (Å²) in [5.74, 6) is 1.65. The molecule has 0 aliphatic heterocycles. The highest BCUT2D eigenvalue weighted by Gasteiger charge is 2.12. The van der Waals surface area contributed by atoms with E-state index in [2.05, 4.69) is 21.1 Å². The molecule has 0 spiro atoms. The third-order valence-electron chi connectivity index (χ3n) is 2.50. The van der Waals surface area contributed by atoms with Crippen LogP contribution in [0.25, 0.3) is 11.3 Å². The van der Waals surface area contributed by atoms with Crippen molar-refractivity contribution in [2.75, 3.05) is 7.11 Å². The molecule has 0 unspecified atom stereocenters. The van der Waals surface area contributed by atoms with Crippen molar-refractivity contribution in [3.8, 4) is 17.1 Å². The van der Waals surface area contributed by atoms with Gasteiger partial charge in [-0.1, -0.05) is 21.1 Å². The van der Waals surface area contributed by atoms with Crippen molar-refractivity contribution in [2.45, 2.75) is 12.3 Å². The van der Waals surface area contributed by atoms with Crippen LogP contribution in [0.1, 0.15) is 11.3 Å². The molecular weight excluding hydrogens is 270 g/mol. The molecule has 0 radical (unpaired) electrons. The summed E-state index contributed by atoms with van der Waals surface area (Å²) in [6.45, 7) is 2.01. The minimum atomic E-state index is 0.707. The van der Waals surface area contributed by atoms with Gasteiger partial charge in [0.25, 0.3) is 0 Å². The van der Waals surface area contributed by atoms with Crippen molar-refractivity contribution in [1.29, 1.82) is 0 Å². The maximum absolute atomic E-state index is 5.33. The number of alkyl halides is 1. The molecule has 1 aromatic heterocycles. The number of hydrogen-bond acceptors (Lipinski definition) is 3. The van der Waals surface area contributed by atoms with Crippen molar-refractivity contribution in [3.05, 3.63) is 35.5 Å². The molecule has 16 heavy (non-hydrogen) atoms. The maximum Gasteiger partial charge on any atom is 0.170 e. The van der Waals surface area contributed by atoms with Crippen LogP contribution in [-0.2, 0) is 5.33 Å². The van der Waals surface area contributed by atoms with Gasteiger partial charge in [-0.05, 0) is 31.2 Å². The van der Waals surface area contributed by atoms with Gasteiger partial charge in [-0.3, -0.25) is 0 Å². The van der Waals surface area contributed by atoms with Gasteiger partial charge in [-0.15, -0.1) is 0 Å². The Kier molecular flexibility index (Phi) is 3.29. The Hall–Kier alpha value is -1.29. The average molecular weight is 282 g/mol. The fraction of sp³-hybridized carbons (Fsp3) is 0.250. The summed E-state index contributed by atoms with van der Waals surface area (Å²) in [7, 11) is 1.65. The van der Waals surface area contributed by atoms with Gasteiger partial charge in [0.15, 0.2) is 5.76 Å². The first-order valence-corrected chi connectivity index (χ1v) is 6.04. The van der Waals surface area contributed by atoms with Crippen LogP contribution in [-0.4, -0.2) is 12.3 Å². The molecule has 0 aliphatic carbocycles. The summed E-state index contributed by atoms with van der Waals surface area (Å²) in [5.41, 5.74) is 3.02. The fourth-order valence-electron chi connectivity index (χ4n) is 1.50. The van der Waals surface area contributed by atoms with Gasteiger partial charge in [-0.25, -0.2) is 0 Å². The van der Waals surface area contributed by atoms with E-state index in [0.29, 0.717) is 5.33 Å². The summed E-state index contributed by atoms with van der Waals surface area (Å²) < 4.78 is 10.4. The summed E-state index contributed by atoms with van der Waals surface area (Å²) in [6.07, 6.45) is 0. The molecule has 1 heterocycles. The maximum atomic E-state index is 5.33. The van der Waals surface area contributed by atoms with Crippen molar-refractivity contribution < 1.29 is 9.26 Å². The molecule has 0 amide bonds. The van der Waals surface area contributed by atoms with Gasteiger partial charge in [-0.2, -0.15) is 0 Å². The lowest BCUT2D eigenvalue weighted by molar-refractivity contribution is 0.414. The van der Waals surface area contributed by atoms with Crippen LogP contribution in [0.3, 0.4) is 0 Å². The smallest absolute Gasteiger partial charge is 0.170 e. The molecule has 0 saturated carbocycles. The normalized spacial score (nSPS) is 10.4. The number of benzene rings is 1. The summed E-state index contributed by atoms with van der Waals surface area (Å²) in [6, 6.07) is 7.74. The number of hydrogen-bond donors (Lipinski definition) is 0. The lowest BCUT2D eigenvalue weighted by atomic mass is 10.1. The zero-order chi connectivity index (χ0) is 11.5. The van der Waals surface area contributed by atoms with E-state index in [1.165, 1.54) is 0 Å². The first-order chi connectivity index (χ1) is 7.76. The van der Waals surface area contributed by atoms with Gasteiger partial charge >= 0.3 is 0 Å². The molecule has 2 aromatic rings. The zero-order valence-corrected chi connectivity index (χ0v) is 10.7. The summed E-state index contributed by atoms with van der Waals surface area (Å²) in [4.78, 5) is 0. The predicted molar refractivity (Wildman–Crippen MR) is 65.9 cm³/mol. The SMILES string of the molecule is COc1ccc(-c2onc(CBr)c2C)cc1. The van der Waals surface area contributed by atoms with Crippen molar-refractivity contribution in [1.82, 2.24) is 5.16 Å². The molecule has 0 saturated heterocycles. The highest BCUT2D eigenvalue weighted by molar-refractivity contribution is 9.08. The largest absolute Gasteiger partial charge is 0.497 e. The number of aromatic nitrogens is 1. The summed E-state index contributed by atoms with van der Waals surface area (Å²) in [5, 5.41) is 4.71. The lowest BCUT2D eigenvalue weighted by Gasteiger charge is -2.01. The number of rotatable bonds is 3. The highest BCUT2D eigenvalue weighted by atomic mass is 79.9. The fourth-order valence-corrected chi connectivity index (χ4v) is 2.03. The van der Waals surface area contributed by atoms with Gasteiger partial charge in [0.2, 0.25) is 0 Å². The lowest BCUT2D eigenvalue weighted by Crippen LogP contribution is -1.84. The van der Waals surface area contributed by atoms with E-state index in [-0.39, 0.29) is 0 Å². The van der Waals surface area contributed by atoms with Gasteiger partial charge in [0.05, 0.1) is 12.8 Å². The Morgan fingerprint density at radius 3 is 2.50 bits per heavy atom. The van der Waals surface area contributed by atoms with E-state index in [1.807, 2.05) is 31.2 Å². The molecule has 0 aliphatic rings. The molecule has 0 bridgehead atoms. The van der Waals surface area contributed by atoms with Crippen LogP contribution in [0, 0.1) is 6.92 Å². The van der Waals surface area contributed by atoms with Crippen LogP contribution in [0.5, 0.6) is 5.75 Å². The van der Waals surface area contributed by atoms with E-state index in [0.717, 1.165) is 28.3 Å². The minimum Gasteiger partial charge on any atom is -0.497 e. The number of ether oxygens (including phenoxy) is 1. The monoisotopic (exact) mass is 281 g/mol. The number of nitrogens with zero attached hydrogens (tertiary/aromatic N) is 1. The van der Waals surface area contributed by atoms with Gasteiger partial charge in [0.1, 0.15) is 5.75 Å². The number of methoxy groups -OCH3 is 1. The molecule has 1 aromatic carbocycles. The van der Waals surface area contributed by atoms with Crippen LogP contribution in [0.15, 0.2) is 28.8 Å². The van der Waals surface area contributed by atoms with E-state index >= 15 is 0 Å². The Balaban J connectivity index is 2.38. The zero-order valence-electron chi connectivity index (χ0n) is 9.16. The standard InChI is InChI=1S/C12H12BrNO2/c1-8-11(7-13)14-16-12(8)9-3-5-10(15-2)6-4-9/h3-6H,7H2,1-2H3. The van der Waals surface area contributed by atoms with Crippen LogP contribution in [0.2, 0.25) is 0 Å². The van der Waals surface area contributed by atoms with Crippen LogP contribution >= 0.6 is 15.9 Å². The van der Waals surface area contributed by atoms with E-state index in [9.17, 15) is 0 Å². The van der Waals surface area contributed by atoms with E-state index in [4.69, 9.17) is 9.26 Å². The average Bonchev–Trinajstić information content (AvgIpc) is 2.70. The van der Waals surface area contributed by atoms with Crippen LogP contribution in [0.4, 0.5) is 0 Å². The number of halogens is 1. The Morgan fingerprint density at radius 2 is 2.00 bits per heavy atom. The minimum absolute atomic E-state index is 0.707. The third kappa shape index (κ3) is 1.97. The van der Waals surface area contributed by atoms with E-state index in [1.54, 1.807) is 7.11 Å². The second-order valence-corrected chi connectivity index (χ2v) is 4.01. The Bertz CT molecular complexity index is 476. The van der Waals surface area contributed by atoms with Gasteiger partial charge in [0, 0.05) is 16.5 Å².